The van der Waals surface area contributed by atoms with Crippen molar-refractivity contribution in [2.75, 3.05) is 12.4 Å². The minimum absolute atomic E-state index is 0.136. The van der Waals surface area contributed by atoms with Crippen molar-refractivity contribution in [2.24, 2.45) is 0 Å². The summed E-state index contributed by atoms with van der Waals surface area (Å²) < 4.78 is 10.9. The van der Waals surface area contributed by atoms with Gasteiger partial charge in [0.15, 0.2) is 0 Å². The van der Waals surface area contributed by atoms with E-state index in [0.717, 1.165) is 33.2 Å². The van der Waals surface area contributed by atoms with Crippen molar-refractivity contribution >= 4 is 34.2 Å². The average Bonchev–Trinajstić information content (AvgIpc) is 2.95. The number of halogens is 1. The Kier molecular flexibility index (Phi) is 4.73. The monoisotopic (exact) mass is 357 g/mol. The van der Waals surface area contributed by atoms with Gasteiger partial charge >= 0.3 is 0 Å². The molecule has 1 heterocycles. The number of anilines is 1. The van der Waals surface area contributed by atoms with E-state index in [1.807, 2.05) is 45.0 Å². The first-order chi connectivity index (χ1) is 11.9. The first-order valence-electron chi connectivity index (χ1n) is 8.01. The van der Waals surface area contributed by atoms with Crippen LogP contribution in [0.25, 0.3) is 11.0 Å². The van der Waals surface area contributed by atoms with Crippen molar-refractivity contribution in [2.45, 2.75) is 27.2 Å². The second-order valence-corrected chi connectivity index (χ2v) is 6.57. The fraction of sp³-hybridized carbons (Fsp3) is 0.250. The number of hydrogen-bond acceptors (Lipinski definition) is 3. The lowest BCUT2D eigenvalue weighted by Gasteiger charge is -2.11. The van der Waals surface area contributed by atoms with Crippen molar-refractivity contribution in [3.05, 3.63) is 57.8 Å². The number of amides is 1. The zero-order chi connectivity index (χ0) is 18.1. The number of carbonyl (C=O) groups is 1. The molecule has 1 amide bonds. The zero-order valence-electron chi connectivity index (χ0n) is 14.7. The molecule has 0 atom stereocenters. The third-order valence-electron chi connectivity index (χ3n) is 4.27. The van der Waals surface area contributed by atoms with Crippen molar-refractivity contribution in [3.63, 3.8) is 0 Å². The summed E-state index contributed by atoms with van der Waals surface area (Å²) in [6.45, 7) is 5.85. The van der Waals surface area contributed by atoms with Gasteiger partial charge in [-0.25, -0.2) is 0 Å². The van der Waals surface area contributed by atoms with Gasteiger partial charge in [0.2, 0.25) is 5.91 Å². The van der Waals surface area contributed by atoms with Crippen molar-refractivity contribution in [3.8, 4) is 5.75 Å². The van der Waals surface area contributed by atoms with E-state index in [0.29, 0.717) is 16.5 Å². The molecule has 0 unspecified atom stereocenters. The van der Waals surface area contributed by atoms with Crippen LogP contribution in [0.5, 0.6) is 5.75 Å². The average molecular weight is 358 g/mol. The molecule has 0 aliphatic rings. The summed E-state index contributed by atoms with van der Waals surface area (Å²) in [7, 11) is 1.58. The molecule has 3 rings (SSSR count). The topological polar surface area (TPSA) is 51.5 Å². The number of carbonyl (C=O) groups excluding carboxylic acids is 1. The van der Waals surface area contributed by atoms with Gasteiger partial charge in [-0.15, -0.1) is 0 Å². The first-order valence-corrected chi connectivity index (χ1v) is 8.38. The fourth-order valence-electron chi connectivity index (χ4n) is 3.02. The third kappa shape index (κ3) is 3.35. The van der Waals surface area contributed by atoms with Crippen LogP contribution in [0.15, 0.2) is 34.9 Å². The van der Waals surface area contributed by atoms with Gasteiger partial charge in [0.1, 0.15) is 11.3 Å². The van der Waals surface area contributed by atoms with E-state index in [-0.39, 0.29) is 12.3 Å². The number of rotatable bonds is 4. The molecule has 0 spiro atoms. The Morgan fingerprint density at radius 1 is 1.24 bits per heavy atom. The van der Waals surface area contributed by atoms with Gasteiger partial charge in [-0.05, 0) is 55.7 Å². The summed E-state index contributed by atoms with van der Waals surface area (Å²) in [6.07, 6.45) is 1.82. The van der Waals surface area contributed by atoms with E-state index in [4.69, 9.17) is 20.8 Å². The second-order valence-electron chi connectivity index (χ2n) is 6.20. The minimum Gasteiger partial charge on any atom is -0.495 e. The lowest BCUT2D eigenvalue weighted by Crippen LogP contribution is -2.15. The summed E-state index contributed by atoms with van der Waals surface area (Å²) in [5, 5.41) is 4.52. The summed E-state index contributed by atoms with van der Waals surface area (Å²) in [4.78, 5) is 12.5. The van der Waals surface area contributed by atoms with Crippen LogP contribution in [0.1, 0.15) is 22.3 Å². The minimum atomic E-state index is -0.136. The quantitative estimate of drug-likeness (QED) is 0.698. The van der Waals surface area contributed by atoms with Gasteiger partial charge in [-0.1, -0.05) is 17.7 Å². The maximum absolute atomic E-state index is 12.5. The molecule has 0 aliphatic heterocycles. The van der Waals surface area contributed by atoms with E-state index in [9.17, 15) is 4.79 Å². The zero-order valence-corrected chi connectivity index (χ0v) is 15.5. The van der Waals surface area contributed by atoms with E-state index in [1.54, 1.807) is 13.4 Å². The van der Waals surface area contributed by atoms with Crippen molar-refractivity contribution in [1.82, 2.24) is 0 Å². The smallest absolute Gasteiger partial charge is 0.229 e. The highest BCUT2D eigenvalue weighted by Crippen LogP contribution is 2.33. The number of furan rings is 1. The molecule has 3 aromatic rings. The van der Waals surface area contributed by atoms with Gasteiger partial charge in [0.05, 0.1) is 25.5 Å². The third-order valence-corrected chi connectivity index (χ3v) is 4.86. The maximum Gasteiger partial charge on any atom is 0.229 e. The summed E-state index contributed by atoms with van der Waals surface area (Å²) in [5.41, 5.74) is 5.16. The van der Waals surface area contributed by atoms with E-state index in [2.05, 4.69) is 5.32 Å². The van der Waals surface area contributed by atoms with E-state index < -0.39 is 0 Å². The number of nitrogens with one attached hydrogen (secondary N) is 1. The molecule has 0 fully saturated rings. The highest BCUT2D eigenvalue weighted by molar-refractivity contribution is 6.33. The molecule has 25 heavy (non-hydrogen) atoms. The SMILES string of the molecule is COc1ccc(C)cc1NC(=O)Cc1coc2cc(C)c(Cl)c(C)c12. The number of benzene rings is 2. The molecule has 4 nitrogen and oxygen atoms in total. The van der Waals surface area contributed by atoms with E-state index >= 15 is 0 Å². The Morgan fingerprint density at radius 2 is 2.00 bits per heavy atom. The fourth-order valence-corrected chi connectivity index (χ4v) is 3.17. The Balaban J connectivity index is 1.88. The normalized spacial score (nSPS) is 10.9. The molecule has 5 heteroatoms. The number of methoxy groups -OCH3 is 1. The van der Waals surface area contributed by atoms with Crippen LogP contribution in [0, 0.1) is 20.8 Å². The second kappa shape index (κ2) is 6.81. The summed E-state index contributed by atoms with van der Waals surface area (Å²) >= 11 is 6.35. The van der Waals surface area contributed by atoms with Gasteiger partial charge in [0.25, 0.3) is 0 Å². The first kappa shape index (κ1) is 17.4. The van der Waals surface area contributed by atoms with Gasteiger partial charge in [0, 0.05) is 16.0 Å². The van der Waals surface area contributed by atoms with Crippen molar-refractivity contribution in [1.29, 1.82) is 0 Å². The van der Waals surface area contributed by atoms with Crippen LogP contribution in [0.2, 0.25) is 5.02 Å². The van der Waals surface area contributed by atoms with Gasteiger partial charge in [-0.2, -0.15) is 0 Å². The van der Waals surface area contributed by atoms with Crippen LogP contribution in [-0.4, -0.2) is 13.0 Å². The lowest BCUT2D eigenvalue weighted by molar-refractivity contribution is -0.115. The number of hydrogen-bond donors (Lipinski definition) is 1. The number of aryl methyl sites for hydroxylation is 3. The largest absolute Gasteiger partial charge is 0.495 e. The Labute approximate surface area is 151 Å². The predicted molar refractivity (Wildman–Crippen MR) is 101 cm³/mol. The molecule has 2 aromatic carbocycles. The van der Waals surface area contributed by atoms with Crippen molar-refractivity contribution < 1.29 is 13.9 Å². The highest BCUT2D eigenvalue weighted by Gasteiger charge is 2.16. The Hall–Kier alpha value is -2.46. The Bertz CT molecular complexity index is 959. The summed E-state index contributed by atoms with van der Waals surface area (Å²) in [6, 6.07) is 7.56. The molecule has 1 N–H and O–H groups in total. The standard InChI is InChI=1S/C20H20ClNO3/c1-11-5-6-16(24-4)15(7-11)22-18(23)9-14-10-25-17-8-12(2)20(21)13(3)19(14)17/h5-8,10H,9H2,1-4H3,(H,22,23). The van der Waals surface area contributed by atoms with Crippen LogP contribution < -0.4 is 10.1 Å². The predicted octanol–water partition coefficient (Wildman–Crippen LogP) is 5.20. The molecular formula is C20H20ClNO3. The van der Waals surface area contributed by atoms with Crippen LogP contribution >= 0.6 is 11.6 Å². The Morgan fingerprint density at radius 3 is 2.72 bits per heavy atom. The molecule has 0 saturated carbocycles. The maximum atomic E-state index is 12.5. The molecule has 1 aromatic heterocycles. The van der Waals surface area contributed by atoms with Crippen LogP contribution in [0.4, 0.5) is 5.69 Å². The number of fused-ring (bicyclic) bond motifs is 1. The molecule has 0 bridgehead atoms. The summed E-state index contributed by atoms with van der Waals surface area (Å²) in [5.74, 6) is 0.494. The highest BCUT2D eigenvalue weighted by atomic mass is 35.5. The molecule has 130 valence electrons. The molecule has 0 aliphatic carbocycles. The molecule has 0 radical (unpaired) electrons. The van der Waals surface area contributed by atoms with Gasteiger partial charge in [-0.3, -0.25) is 4.79 Å². The molecular weight excluding hydrogens is 338 g/mol. The molecule has 0 saturated heterocycles. The van der Waals surface area contributed by atoms with Crippen LogP contribution in [0.3, 0.4) is 0 Å². The number of ether oxygens (including phenoxy) is 1. The van der Waals surface area contributed by atoms with E-state index in [1.165, 1.54) is 0 Å². The van der Waals surface area contributed by atoms with Gasteiger partial charge < -0.3 is 14.5 Å². The lowest BCUT2D eigenvalue weighted by atomic mass is 10.0. The van der Waals surface area contributed by atoms with Crippen LogP contribution in [-0.2, 0) is 11.2 Å².